The van der Waals surface area contributed by atoms with Crippen LogP contribution in [0.2, 0.25) is 0 Å². The number of amides is 1. The molecule has 0 saturated heterocycles. The molecule has 0 bridgehead atoms. The van der Waals surface area contributed by atoms with Gasteiger partial charge in [-0.3, -0.25) is 4.79 Å². The summed E-state index contributed by atoms with van der Waals surface area (Å²) >= 11 is 1.41. The predicted octanol–water partition coefficient (Wildman–Crippen LogP) is 2.79. The molecule has 0 spiro atoms. The third-order valence-corrected chi connectivity index (χ3v) is 4.58. The lowest BCUT2D eigenvalue weighted by atomic mass is 9.92. The zero-order valence-corrected chi connectivity index (χ0v) is 12.8. The average molecular weight is 291 g/mol. The Balaban J connectivity index is 1.92. The second-order valence-electron chi connectivity index (χ2n) is 6.02. The number of carbonyl (C=O) groups is 1. The molecule has 1 saturated carbocycles. The molecular weight excluding hydrogens is 270 g/mol. The van der Waals surface area contributed by atoms with E-state index >= 15 is 0 Å². The highest BCUT2D eigenvalue weighted by Crippen LogP contribution is 2.37. The highest BCUT2D eigenvalue weighted by atomic mass is 32.1. The van der Waals surface area contributed by atoms with E-state index in [9.17, 15) is 4.79 Å². The van der Waals surface area contributed by atoms with Crippen LogP contribution in [0.3, 0.4) is 0 Å². The minimum absolute atomic E-state index is 0.00732. The SMILES string of the molecule is CC1(C)CCC(NC(=O)c2ccc(C#CCCO)s2)C1. The molecule has 0 aromatic carbocycles. The van der Waals surface area contributed by atoms with E-state index in [-0.39, 0.29) is 12.5 Å². The van der Waals surface area contributed by atoms with Gasteiger partial charge >= 0.3 is 0 Å². The Hall–Kier alpha value is -1.31. The molecular formula is C16H21NO2S. The number of aliphatic hydroxyl groups is 1. The maximum absolute atomic E-state index is 12.2. The van der Waals surface area contributed by atoms with Crippen LogP contribution in [0.5, 0.6) is 0 Å². The van der Waals surface area contributed by atoms with Crippen molar-refractivity contribution in [2.45, 2.75) is 45.6 Å². The van der Waals surface area contributed by atoms with Gasteiger partial charge in [0.05, 0.1) is 16.4 Å². The first-order chi connectivity index (χ1) is 9.50. The predicted molar refractivity (Wildman–Crippen MR) is 81.8 cm³/mol. The third-order valence-electron chi connectivity index (χ3n) is 3.58. The second-order valence-corrected chi connectivity index (χ2v) is 7.10. The number of aliphatic hydroxyl groups excluding tert-OH is 1. The summed E-state index contributed by atoms with van der Waals surface area (Å²) < 4.78 is 0. The minimum atomic E-state index is 0.00732. The first kappa shape index (κ1) is 15.1. The number of carbonyl (C=O) groups excluding carboxylic acids is 1. The number of rotatable bonds is 3. The standard InChI is InChI=1S/C16H21NO2S/c1-16(2)9-8-12(11-16)17-15(19)14-7-6-13(20-14)5-3-4-10-18/h6-7,12,18H,4,8-11H2,1-2H3,(H,17,19). The van der Waals surface area contributed by atoms with Gasteiger partial charge in [0.2, 0.25) is 0 Å². The summed E-state index contributed by atoms with van der Waals surface area (Å²) in [6.07, 6.45) is 3.75. The van der Waals surface area contributed by atoms with Crippen LogP contribution in [0.4, 0.5) is 0 Å². The Bertz CT molecular complexity index is 536. The molecule has 1 aliphatic rings. The van der Waals surface area contributed by atoms with Crippen LogP contribution in [0.1, 0.15) is 54.1 Å². The number of hydrogen-bond donors (Lipinski definition) is 2. The zero-order valence-electron chi connectivity index (χ0n) is 12.0. The highest BCUT2D eigenvalue weighted by Gasteiger charge is 2.31. The van der Waals surface area contributed by atoms with Gasteiger partial charge in [-0.15, -0.1) is 11.3 Å². The molecule has 1 atom stereocenters. The van der Waals surface area contributed by atoms with Gasteiger partial charge in [-0.25, -0.2) is 0 Å². The first-order valence-corrected chi connectivity index (χ1v) is 7.82. The lowest BCUT2D eigenvalue weighted by Gasteiger charge is -2.17. The van der Waals surface area contributed by atoms with Crippen LogP contribution in [0.15, 0.2) is 12.1 Å². The molecule has 1 aromatic rings. The van der Waals surface area contributed by atoms with Crippen molar-refractivity contribution in [1.29, 1.82) is 0 Å². The zero-order chi connectivity index (χ0) is 14.6. The number of hydrogen-bond acceptors (Lipinski definition) is 3. The van der Waals surface area contributed by atoms with Gasteiger partial charge in [0.15, 0.2) is 0 Å². The van der Waals surface area contributed by atoms with Crippen molar-refractivity contribution < 1.29 is 9.90 Å². The van der Waals surface area contributed by atoms with E-state index in [1.807, 2.05) is 12.1 Å². The maximum atomic E-state index is 12.2. The molecule has 1 aromatic heterocycles. The van der Waals surface area contributed by atoms with Crippen molar-refractivity contribution in [2.24, 2.45) is 5.41 Å². The van der Waals surface area contributed by atoms with E-state index in [0.29, 0.717) is 22.8 Å². The molecule has 0 radical (unpaired) electrons. The Morgan fingerprint density at radius 3 is 3.00 bits per heavy atom. The Kier molecular flexibility index (Phi) is 4.85. The fourth-order valence-corrected chi connectivity index (χ4v) is 3.33. The molecule has 20 heavy (non-hydrogen) atoms. The second kappa shape index (κ2) is 6.43. The van der Waals surface area contributed by atoms with E-state index in [2.05, 4.69) is 31.0 Å². The summed E-state index contributed by atoms with van der Waals surface area (Å²) in [6.45, 7) is 4.57. The molecule has 0 aliphatic heterocycles. The van der Waals surface area contributed by atoms with Crippen LogP contribution in [-0.2, 0) is 0 Å². The molecule has 1 unspecified atom stereocenters. The van der Waals surface area contributed by atoms with Crippen molar-refractivity contribution in [1.82, 2.24) is 5.32 Å². The fraction of sp³-hybridized carbons (Fsp3) is 0.562. The Morgan fingerprint density at radius 2 is 2.35 bits per heavy atom. The van der Waals surface area contributed by atoms with Gasteiger partial charge in [0.25, 0.3) is 5.91 Å². The largest absolute Gasteiger partial charge is 0.395 e. The Morgan fingerprint density at radius 1 is 1.55 bits per heavy atom. The lowest BCUT2D eigenvalue weighted by molar-refractivity contribution is 0.0940. The van der Waals surface area contributed by atoms with Crippen molar-refractivity contribution in [3.63, 3.8) is 0 Å². The summed E-state index contributed by atoms with van der Waals surface area (Å²) in [5.74, 6) is 5.83. The van der Waals surface area contributed by atoms with Gasteiger partial charge in [-0.05, 0) is 36.8 Å². The number of thiophene rings is 1. The fourth-order valence-electron chi connectivity index (χ4n) is 2.55. The summed E-state index contributed by atoms with van der Waals surface area (Å²) in [6, 6.07) is 3.98. The molecule has 1 fully saturated rings. The molecule has 2 N–H and O–H groups in total. The van der Waals surface area contributed by atoms with Gasteiger partial charge in [-0.2, -0.15) is 0 Å². The van der Waals surface area contributed by atoms with Crippen LogP contribution in [-0.4, -0.2) is 23.7 Å². The van der Waals surface area contributed by atoms with E-state index in [1.165, 1.54) is 17.8 Å². The first-order valence-electron chi connectivity index (χ1n) is 7.01. The summed E-state index contributed by atoms with van der Waals surface area (Å²) in [5, 5.41) is 11.8. The summed E-state index contributed by atoms with van der Waals surface area (Å²) in [7, 11) is 0. The molecule has 2 rings (SSSR count). The number of nitrogens with one attached hydrogen (secondary N) is 1. The monoisotopic (exact) mass is 291 g/mol. The van der Waals surface area contributed by atoms with Crippen molar-refractivity contribution in [3.05, 3.63) is 21.9 Å². The van der Waals surface area contributed by atoms with E-state index in [1.54, 1.807) is 0 Å². The normalized spacial score (nSPS) is 20.2. The topological polar surface area (TPSA) is 49.3 Å². The van der Waals surface area contributed by atoms with E-state index in [0.717, 1.165) is 17.7 Å². The van der Waals surface area contributed by atoms with Crippen LogP contribution < -0.4 is 5.32 Å². The van der Waals surface area contributed by atoms with Crippen molar-refractivity contribution >= 4 is 17.2 Å². The van der Waals surface area contributed by atoms with Gasteiger partial charge < -0.3 is 10.4 Å². The molecule has 3 nitrogen and oxygen atoms in total. The van der Waals surface area contributed by atoms with Crippen molar-refractivity contribution in [2.75, 3.05) is 6.61 Å². The van der Waals surface area contributed by atoms with Crippen LogP contribution >= 0.6 is 11.3 Å². The van der Waals surface area contributed by atoms with E-state index in [4.69, 9.17) is 5.11 Å². The smallest absolute Gasteiger partial charge is 0.261 e. The van der Waals surface area contributed by atoms with E-state index < -0.39 is 0 Å². The van der Waals surface area contributed by atoms with Crippen LogP contribution in [0, 0.1) is 17.3 Å². The van der Waals surface area contributed by atoms with Crippen molar-refractivity contribution in [3.8, 4) is 11.8 Å². The molecule has 4 heteroatoms. The summed E-state index contributed by atoms with van der Waals surface area (Å²) in [5.41, 5.74) is 0.342. The Labute approximate surface area is 124 Å². The average Bonchev–Trinajstić information content (AvgIpc) is 2.97. The minimum Gasteiger partial charge on any atom is -0.395 e. The third kappa shape index (κ3) is 4.09. The molecule has 108 valence electrons. The molecule has 1 aliphatic carbocycles. The summed E-state index contributed by atoms with van der Waals surface area (Å²) in [4.78, 5) is 13.7. The van der Waals surface area contributed by atoms with Crippen LogP contribution in [0.25, 0.3) is 0 Å². The highest BCUT2D eigenvalue weighted by molar-refractivity contribution is 7.14. The van der Waals surface area contributed by atoms with Gasteiger partial charge in [0.1, 0.15) is 0 Å². The van der Waals surface area contributed by atoms with Gasteiger partial charge in [0, 0.05) is 12.5 Å². The molecule has 1 amide bonds. The lowest BCUT2D eigenvalue weighted by Crippen LogP contribution is -2.32. The quantitative estimate of drug-likeness (QED) is 0.841. The van der Waals surface area contributed by atoms with Gasteiger partial charge in [-0.1, -0.05) is 25.7 Å². The maximum Gasteiger partial charge on any atom is 0.261 e. The molecule has 1 heterocycles.